The lowest BCUT2D eigenvalue weighted by Crippen LogP contribution is -1.81. The summed E-state index contributed by atoms with van der Waals surface area (Å²) in [6, 6.07) is 16.3. The Bertz CT molecular complexity index is 517. The lowest BCUT2D eigenvalue weighted by molar-refractivity contribution is 0.415. The zero-order valence-electron chi connectivity index (χ0n) is 9.97. The molecule has 0 saturated heterocycles. The molecule has 0 aromatic heterocycles. The number of benzene rings is 2. The maximum Gasteiger partial charge on any atom is 0.118 e. The van der Waals surface area contributed by atoms with Crippen LogP contribution in [0.5, 0.6) is 5.75 Å². The molecule has 2 rings (SSSR count). The van der Waals surface area contributed by atoms with Crippen molar-refractivity contribution < 1.29 is 4.74 Å². The van der Waals surface area contributed by atoms with Crippen molar-refractivity contribution in [2.45, 2.75) is 4.90 Å². The summed E-state index contributed by atoms with van der Waals surface area (Å²) in [5.41, 5.74) is 1.17. The van der Waals surface area contributed by atoms with Gasteiger partial charge in [-0.05, 0) is 53.4 Å². The van der Waals surface area contributed by atoms with Gasteiger partial charge >= 0.3 is 0 Å². The summed E-state index contributed by atoms with van der Waals surface area (Å²) in [5.74, 6) is 0.882. The Kier molecular flexibility index (Phi) is 4.90. The van der Waals surface area contributed by atoms with Gasteiger partial charge in [-0.3, -0.25) is 0 Å². The summed E-state index contributed by atoms with van der Waals surface area (Å²) in [5, 5.41) is 2.09. The molecule has 0 unspecified atom stereocenters. The first-order valence-electron chi connectivity index (χ1n) is 5.51. The van der Waals surface area contributed by atoms with Gasteiger partial charge < -0.3 is 4.74 Å². The Hall–Kier alpha value is -1.19. The van der Waals surface area contributed by atoms with Crippen molar-refractivity contribution in [2.24, 2.45) is 0 Å². The van der Waals surface area contributed by atoms with E-state index in [1.165, 1.54) is 10.5 Å². The third-order valence-corrected chi connectivity index (χ3v) is 3.74. The van der Waals surface area contributed by atoms with Crippen LogP contribution in [0.25, 0.3) is 6.08 Å². The third-order valence-electron chi connectivity index (χ3n) is 2.39. The fourth-order valence-corrected chi connectivity index (χ4v) is 2.36. The number of halogens is 1. The van der Waals surface area contributed by atoms with Crippen LogP contribution in [0.4, 0.5) is 0 Å². The van der Waals surface area contributed by atoms with Gasteiger partial charge in [-0.2, -0.15) is 0 Å². The highest BCUT2D eigenvalue weighted by atomic mass is 79.9. The molecule has 0 spiro atoms. The van der Waals surface area contributed by atoms with Crippen LogP contribution in [0.1, 0.15) is 5.56 Å². The highest BCUT2D eigenvalue weighted by Gasteiger charge is 1.92. The molecule has 92 valence electrons. The van der Waals surface area contributed by atoms with Gasteiger partial charge in [-0.15, -0.1) is 0 Å². The van der Waals surface area contributed by atoms with E-state index in [1.54, 1.807) is 18.9 Å². The van der Waals surface area contributed by atoms with Crippen molar-refractivity contribution in [3.8, 4) is 5.75 Å². The minimum atomic E-state index is 0.882. The van der Waals surface area contributed by atoms with Crippen molar-refractivity contribution in [2.75, 3.05) is 7.11 Å². The Labute approximate surface area is 120 Å². The summed E-state index contributed by atoms with van der Waals surface area (Å²) in [6.45, 7) is 0. The molecule has 0 aliphatic carbocycles. The molecule has 2 aromatic carbocycles. The molecule has 0 aliphatic heterocycles. The number of methoxy groups -OCH3 is 1. The van der Waals surface area contributed by atoms with E-state index in [4.69, 9.17) is 4.74 Å². The second-order valence-electron chi connectivity index (χ2n) is 3.65. The fourth-order valence-electron chi connectivity index (χ4n) is 1.42. The van der Waals surface area contributed by atoms with Gasteiger partial charge in [0.25, 0.3) is 0 Å². The summed E-state index contributed by atoms with van der Waals surface area (Å²) in [7, 11) is 1.67. The molecule has 0 heterocycles. The van der Waals surface area contributed by atoms with E-state index in [2.05, 4.69) is 39.5 Å². The van der Waals surface area contributed by atoms with Crippen LogP contribution in [0.15, 0.2) is 63.3 Å². The average molecular weight is 321 g/mol. The molecule has 0 fully saturated rings. The predicted molar refractivity (Wildman–Crippen MR) is 82.0 cm³/mol. The van der Waals surface area contributed by atoms with Gasteiger partial charge in [-0.1, -0.05) is 39.8 Å². The van der Waals surface area contributed by atoms with Crippen molar-refractivity contribution in [1.29, 1.82) is 0 Å². The van der Waals surface area contributed by atoms with Gasteiger partial charge in [-0.25, -0.2) is 0 Å². The van der Waals surface area contributed by atoms with E-state index in [0.29, 0.717) is 0 Å². The predicted octanol–water partition coefficient (Wildman–Crippen LogP) is 5.22. The molecule has 0 N–H and O–H groups in total. The zero-order chi connectivity index (χ0) is 12.8. The molecule has 0 amide bonds. The minimum Gasteiger partial charge on any atom is -0.497 e. The SMILES string of the molecule is COc1ccc(/C=C/Sc2ccc(Br)cc2)cc1. The quantitative estimate of drug-likeness (QED) is 0.714. The van der Waals surface area contributed by atoms with Crippen LogP contribution in [-0.4, -0.2) is 7.11 Å². The van der Waals surface area contributed by atoms with Crippen LogP contribution in [0, 0.1) is 0 Å². The molecule has 0 radical (unpaired) electrons. The van der Waals surface area contributed by atoms with E-state index in [0.717, 1.165) is 10.2 Å². The van der Waals surface area contributed by atoms with E-state index < -0.39 is 0 Å². The van der Waals surface area contributed by atoms with Gasteiger partial charge in [0.15, 0.2) is 0 Å². The number of ether oxygens (including phenoxy) is 1. The van der Waals surface area contributed by atoms with Crippen LogP contribution in [0.3, 0.4) is 0 Å². The maximum absolute atomic E-state index is 5.12. The molecule has 0 atom stereocenters. The van der Waals surface area contributed by atoms with Gasteiger partial charge in [0.2, 0.25) is 0 Å². The van der Waals surface area contributed by atoms with Gasteiger partial charge in [0.05, 0.1) is 7.11 Å². The zero-order valence-corrected chi connectivity index (χ0v) is 12.4. The summed E-state index contributed by atoms with van der Waals surface area (Å²) >= 11 is 5.13. The Morgan fingerprint density at radius 3 is 2.28 bits per heavy atom. The first-order valence-corrected chi connectivity index (χ1v) is 7.18. The highest BCUT2D eigenvalue weighted by Crippen LogP contribution is 2.22. The van der Waals surface area contributed by atoms with Crippen LogP contribution in [-0.2, 0) is 0 Å². The molecule has 0 saturated carbocycles. The molecule has 0 aliphatic rings. The van der Waals surface area contributed by atoms with Crippen molar-refractivity contribution in [3.05, 3.63) is 64.0 Å². The second-order valence-corrected chi connectivity index (χ2v) is 5.54. The topological polar surface area (TPSA) is 9.23 Å². The van der Waals surface area contributed by atoms with Gasteiger partial charge in [0.1, 0.15) is 5.75 Å². The smallest absolute Gasteiger partial charge is 0.118 e. The second kappa shape index (κ2) is 6.66. The van der Waals surface area contributed by atoms with Crippen molar-refractivity contribution >= 4 is 33.8 Å². The minimum absolute atomic E-state index is 0.882. The number of thioether (sulfide) groups is 1. The number of hydrogen-bond donors (Lipinski definition) is 0. The first kappa shape index (κ1) is 13.2. The molecular weight excluding hydrogens is 308 g/mol. The highest BCUT2D eigenvalue weighted by molar-refractivity contribution is 9.10. The van der Waals surface area contributed by atoms with Crippen molar-refractivity contribution in [3.63, 3.8) is 0 Å². The van der Waals surface area contributed by atoms with Crippen LogP contribution >= 0.6 is 27.7 Å². The first-order chi connectivity index (χ1) is 8.78. The van der Waals surface area contributed by atoms with E-state index >= 15 is 0 Å². The largest absolute Gasteiger partial charge is 0.497 e. The Balaban J connectivity index is 1.96. The summed E-state index contributed by atoms with van der Waals surface area (Å²) in [4.78, 5) is 1.22. The van der Waals surface area contributed by atoms with E-state index in [9.17, 15) is 0 Å². The lowest BCUT2D eigenvalue weighted by atomic mass is 10.2. The van der Waals surface area contributed by atoms with E-state index in [1.807, 2.05) is 36.4 Å². The monoisotopic (exact) mass is 320 g/mol. The average Bonchev–Trinajstić information content (AvgIpc) is 2.42. The van der Waals surface area contributed by atoms with E-state index in [-0.39, 0.29) is 0 Å². The molecule has 2 aromatic rings. The third kappa shape index (κ3) is 3.93. The normalized spacial score (nSPS) is 10.8. The standard InChI is InChI=1S/C15H13BrOS/c1-17-14-6-2-12(3-7-14)10-11-18-15-8-4-13(16)5-9-15/h2-11H,1H3/b11-10+. The fraction of sp³-hybridized carbons (Fsp3) is 0.0667. The van der Waals surface area contributed by atoms with Crippen LogP contribution in [0.2, 0.25) is 0 Å². The summed E-state index contributed by atoms with van der Waals surface area (Å²) in [6.07, 6.45) is 2.09. The maximum atomic E-state index is 5.12. The molecular formula is C15H13BrOS. The molecule has 0 bridgehead atoms. The Morgan fingerprint density at radius 1 is 1.00 bits per heavy atom. The summed E-state index contributed by atoms with van der Waals surface area (Å²) < 4.78 is 6.22. The number of rotatable bonds is 4. The lowest BCUT2D eigenvalue weighted by Gasteiger charge is -1.99. The number of hydrogen-bond acceptors (Lipinski definition) is 2. The Morgan fingerprint density at radius 2 is 1.67 bits per heavy atom. The van der Waals surface area contributed by atoms with Crippen LogP contribution < -0.4 is 4.74 Å². The molecule has 1 nitrogen and oxygen atoms in total. The molecule has 18 heavy (non-hydrogen) atoms. The molecule has 3 heteroatoms. The van der Waals surface area contributed by atoms with Gasteiger partial charge in [0, 0.05) is 9.37 Å². The van der Waals surface area contributed by atoms with Crippen molar-refractivity contribution in [1.82, 2.24) is 0 Å².